The van der Waals surface area contributed by atoms with Crippen molar-refractivity contribution in [3.63, 3.8) is 0 Å². The van der Waals surface area contributed by atoms with E-state index in [0.29, 0.717) is 17.9 Å². The van der Waals surface area contributed by atoms with Crippen molar-refractivity contribution in [2.75, 3.05) is 13.1 Å². The van der Waals surface area contributed by atoms with Crippen LogP contribution >= 0.6 is 0 Å². The van der Waals surface area contributed by atoms with E-state index < -0.39 is 29.9 Å². The van der Waals surface area contributed by atoms with E-state index >= 15 is 0 Å². The largest absolute Gasteiger partial charge is 0.489 e. The van der Waals surface area contributed by atoms with E-state index in [1.54, 1.807) is 24.3 Å². The molecular weight excluding hydrogens is 440 g/mol. The Morgan fingerprint density at radius 1 is 1.12 bits per heavy atom. The number of carboxylic acid groups (broad SMARTS) is 1. The van der Waals surface area contributed by atoms with Gasteiger partial charge >= 0.3 is 6.09 Å². The molecule has 0 aliphatic carbocycles. The van der Waals surface area contributed by atoms with Gasteiger partial charge in [0.25, 0.3) is 5.91 Å². The molecule has 1 unspecified atom stereocenters. The van der Waals surface area contributed by atoms with Crippen LogP contribution in [-0.2, 0) is 11.4 Å². The summed E-state index contributed by atoms with van der Waals surface area (Å²) in [4.78, 5) is 41.4. The zero-order chi connectivity index (χ0) is 24.2. The number of hydrogen-bond donors (Lipinski definition) is 4. The number of likely N-dealkylation sites (tertiary alicyclic amines) is 1. The number of ether oxygens (including phenoxy) is 1. The van der Waals surface area contributed by atoms with E-state index in [0.717, 1.165) is 27.1 Å². The van der Waals surface area contributed by atoms with Crippen molar-refractivity contribution in [2.24, 2.45) is 5.92 Å². The van der Waals surface area contributed by atoms with Gasteiger partial charge in [-0.05, 0) is 43.3 Å². The maximum atomic E-state index is 12.7. The maximum Gasteiger partial charge on any atom is 0.407 e. The molecule has 1 saturated heterocycles. The van der Waals surface area contributed by atoms with E-state index in [9.17, 15) is 19.5 Å². The minimum atomic E-state index is -1.20. The number of amides is 3. The van der Waals surface area contributed by atoms with Crippen molar-refractivity contribution in [1.82, 2.24) is 20.7 Å². The molecule has 0 spiro atoms. The Labute approximate surface area is 195 Å². The average Bonchev–Trinajstić information content (AvgIpc) is 3.26. The van der Waals surface area contributed by atoms with E-state index in [1.165, 1.54) is 5.48 Å². The maximum absolute atomic E-state index is 12.7. The number of hydrogen-bond acceptors (Lipinski definition) is 6. The minimum absolute atomic E-state index is 0.0559. The van der Waals surface area contributed by atoms with Crippen LogP contribution in [0.5, 0.6) is 5.75 Å². The van der Waals surface area contributed by atoms with Gasteiger partial charge in [0.2, 0.25) is 5.91 Å². The van der Waals surface area contributed by atoms with Gasteiger partial charge in [-0.2, -0.15) is 0 Å². The van der Waals surface area contributed by atoms with Gasteiger partial charge in [0.05, 0.1) is 17.5 Å². The van der Waals surface area contributed by atoms with Crippen LogP contribution in [0.1, 0.15) is 21.6 Å². The fourth-order valence-corrected chi connectivity index (χ4v) is 4.08. The predicted molar refractivity (Wildman–Crippen MR) is 122 cm³/mol. The molecule has 0 saturated carbocycles. The smallest absolute Gasteiger partial charge is 0.407 e. The molecule has 1 aliphatic rings. The molecule has 4 N–H and O–H groups in total. The second-order valence-electron chi connectivity index (χ2n) is 8.10. The molecule has 3 amide bonds. The number of rotatable bonds is 6. The number of benzene rings is 2. The molecule has 2 heterocycles. The summed E-state index contributed by atoms with van der Waals surface area (Å²) in [5, 5.41) is 21.8. The second-order valence-corrected chi connectivity index (χ2v) is 8.10. The number of nitrogens with zero attached hydrogens (tertiary/aromatic N) is 2. The van der Waals surface area contributed by atoms with Crippen molar-refractivity contribution >= 4 is 28.8 Å². The van der Waals surface area contributed by atoms with Crippen LogP contribution < -0.4 is 15.5 Å². The lowest BCUT2D eigenvalue weighted by molar-refractivity contribution is -0.133. The van der Waals surface area contributed by atoms with E-state index in [4.69, 9.17) is 9.94 Å². The van der Waals surface area contributed by atoms with E-state index in [1.807, 2.05) is 37.3 Å². The van der Waals surface area contributed by atoms with Crippen molar-refractivity contribution in [1.29, 1.82) is 0 Å². The van der Waals surface area contributed by atoms with Crippen LogP contribution in [0, 0.1) is 12.8 Å². The van der Waals surface area contributed by atoms with Crippen LogP contribution in [0.3, 0.4) is 0 Å². The second kappa shape index (κ2) is 9.75. The summed E-state index contributed by atoms with van der Waals surface area (Å²) in [6, 6.07) is 15.6. The third-order valence-corrected chi connectivity index (χ3v) is 5.79. The number of nitrogens with one attached hydrogen (secondary N) is 2. The number of aromatic nitrogens is 1. The summed E-state index contributed by atoms with van der Waals surface area (Å²) < 4.78 is 5.91. The van der Waals surface area contributed by atoms with Gasteiger partial charge in [-0.25, -0.2) is 10.3 Å². The first-order valence-electron chi connectivity index (χ1n) is 10.7. The molecule has 4 rings (SSSR count). The normalized spacial score (nSPS) is 17.4. The summed E-state index contributed by atoms with van der Waals surface area (Å²) >= 11 is 0. The predicted octanol–water partition coefficient (Wildman–Crippen LogP) is 2.34. The summed E-state index contributed by atoms with van der Waals surface area (Å²) in [6.07, 6.45) is -1.20. The van der Waals surface area contributed by atoms with Crippen molar-refractivity contribution in [2.45, 2.75) is 19.6 Å². The van der Waals surface area contributed by atoms with Crippen LogP contribution in [-0.4, -0.2) is 57.2 Å². The van der Waals surface area contributed by atoms with Gasteiger partial charge in [0.1, 0.15) is 12.4 Å². The standard InChI is InChI=1S/C24H24N4O6/c1-14-10-16(18-4-2-3-5-20(18)25-14)13-34-17-8-6-15(7-9-17)22(29)26-21-12-28(24(31)32)11-19(21)23(30)27-33/h2-10,19,21,33H,11-13H2,1H3,(H,26,29)(H,27,30)(H,31,32)/t19-,21?/m1/s1. The monoisotopic (exact) mass is 464 g/mol. The van der Waals surface area contributed by atoms with Gasteiger partial charge in [0, 0.05) is 35.3 Å². The summed E-state index contributed by atoms with van der Waals surface area (Å²) in [5.41, 5.74) is 4.65. The Bertz CT molecular complexity index is 1230. The van der Waals surface area contributed by atoms with Gasteiger partial charge < -0.3 is 20.1 Å². The number of pyridine rings is 1. The van der Waals surface area contributed by atoms with Crippen LogP contribution in [0.2, 0.25) is 0 Å². The molecule has 10 nitrogen and oxygen atoms in total. The first-order valence-corrected chi connectivity index (χ1v) is 10.7. The zero-order valence-corrected chi connectivity index (χ0v) is 18.4. The van der Waals surface area contributed by atoms with Gasteiger partial charge in [-0.3, -0.25) is 19.8 Å². The lowest BCUT2D eigenvalue weighted by Crippen LogP contribution is -2.45. The van der Waals surface area contributed by atoms with Crippen LogP contribution in [0.15, 0.2) is 54.6 Å². The number of carbonyl (C=O) groups excluding carboxylic acids is 2. The van der Waals surface area contributed by atoms with Crippen molar-refractivity contribution < 1.29 is 29.4 Å². The highest BCUT2D eigenvalue weighted by Gasteiger charge is 2.40. The molecule has 0 radical (unpaired) electrons. The van der Waals surface area contributed by atoms with Crippen molar-refractivity contribution in [3.8, 4) is 5.75 Å². The molecule has 0 bridgehead atoms. The molecule has 34 heavy (non-hydrogen) atoms. The Hall–Kier alpha value is -4.18. The molecule has 1 aliphatic heterocycles. The number of carbonyl (C=O) groups is 3. The summed E-state index contributed by atoms with van der Waals surface area (Å²) in [6.45, 7) is 2.08. The van der Waals surface area contributed by atoms with Gasteiger partial charge in [-0.1, -0.05) is 18.2 Å². The molecule has 176 valence electrons. The topological polar surface area (TPSA) is 141 Å². The molecule has 10 heteroatoms. The Morgan fingerprint density at radius 3 is 2.56 bits per heavy atom. The first kappa shape index (κ1) is 23.0. The number of fused-ring (bicyclic) bond motifs is 1. The number of aryl methyl sites for hydroxylation is 1. The Balaban J connectivity index is 1.41. The SMILES string of the molecule is Cc1cc(COc2ccc(C(=O)NC3CN(C(=O)O)C[C@H]3C(=O)NO)cc2)c2ccccc2n1. The molecular formula is C24H24N4O6. The number of para-hydroxylation sites is 1. The van der Waals surface area contributed by atoms with Gasteiger partial charge in [0.15, 0.2) is 0 Å². The number of hydroxylamine groups is 1. The quantitative estimate of drug-likeness (QED) is 0.324. The zero-order valence-electron chi connectivity index (χ0n) is 18.4. The van der Waals surface area contributed by atoms with Crippen LogP contribution in [0.4, 0.5) is 4.79 Å². The fraction of sp³-hybridized carbons (Fsp3) is 0.250. The average molecular weight is 464 g/mol. The highest BCUT2D eigenvalue weighted by atomic mass is 16.5. The third-order valence-electron chi connectivity index (χ3n) is 5.79. The molecule has 3 aromatic rings. The lowest BCUT2D eigenvalue weighted by atomic mass is 10.0. The molecule has 2 atom stereocenters. The molecule has 2 aromatic carbocycles. The first-order chi connectivity index (χ1) is 16.4. The summed E-state index contributed by atoms with van der Waals surface area (Å²) in [7, 11) is 0. The Morgan fingerprint density at radius 2 is 1.85 bits per heavy atom. The molecule has 1 aromatic heterocycles. The van der Waals surface area contributed by atoms with Crippen LogP contribution in [0.25, 0.3) is 10.9 Å². The third kappa shape index (κ3) is 4.91. The minimum Gasteiger partial charge on any atom is -0.489 e. The van der Waals surface area contributed by atoms with E-state index in [2.05, 4.69) is 10.3 Å². The molecule has 1 fully saturated rings. The fourth-order valence-electron chi connectivity index (χ4n) is 4.08. The lowest BCUT2D eigenvalue weighted by Gasteiger charge is -2.18. The summed E-state index contributed by atoms with van der Waals surface area (Å²) in [5.74, 6) is -1.54. The Kier molecular flexibility index (Phi) is 6.60. The highest BCUT2D eigenvalue weighted by molar-refractivity contribution is 5.95. The van der Waals surface area contributed by atoms with E-state index in [-0.39, 0.29) is 13.1 Å². The highest BCUT2D eigenvalue weighted by Crippen LogP contribution is 2.22. The van der Waals surface area contributed by atoms with Gasteiger partial charge in [-0.15, -0.1) is 0 Å². The van der Waals surface area contributed by atoms with Crippen molar-refractivity contribution in [3.05, 3.63) is 71.4 Å².